The quantitative estimate of drug-likeness (QED) is 0.749. The van der Waals surface area contributed by atoms with Gasteiger partial charge in [0.1, 0.15) is 11.8 Å². The fraction of sp³-hybridized carbons (Fsp3) is 0.238. The van der Waals surface area contributed by atoms with Crippen molar-refractivity contribution in [2.45, 2.75) is 19.0 Å². The molecule has 1 unspecified atom stereocenters. The molecule has 0 saturated heterocycles. The number of rotatable bonds is 6. The van der Waals surface area contributed by atoms with Gasteiger partial charge in [0, 0.05) is 20.0 Å². The second kappa shape index (κ2) is 8.55. The lowest BCUT2D eigenvalue weighted by Crippen LogP contribution is -2.40. The zero-order chi connectivity index (χ0) is 21.0. The minimum absolute atomic E-state index is 0.147. The summed E-state index contributed by atoms with van der Waals surface area (Å²) in [6.07, 6.45) is 0.147. The number of hydrogen-bond donors (Lipinski definition) is 1. The predicted octanol–water partition coefficient (Wildman–Crippen LogP) is 1.55. The smallest absolute Gasteiger partial charge is 0.337 e. The number of para-hydroxylation sites is 1. The van der Waals surface area contributed by atoms with E-state index in [9.17, 15) is 14.4 Å². The number of carbonyl (C=O) groups is 3. The van der Waals surface area contributed by atoms with Crippen LogP contribution in [0.25, 0.3) is 0 Å². The summed E-state index contributed by atoms with van der Waals surface area (Å²) >= 11 is 0. The minimum Gasteiger partial charge on any atom is -0.465 e. The summed E-state index contributed by atoms with van der Waals surface area (Å²) in [6.45, 7) is 0.325. The number of nitrogens with two attached hydrogens (primary N) is 1. The Morgan fingerprint density at radius 3 is 2.38 bits per heavy atom. The van der Waals surface area contributed by atoms with Crippen LogP contribution in [-0.4, -0.2) is 48.6 Å². The van der Waals surface area contributed by atoms with E-state index < -0.39 is 17.9 Å². The molecule has 1 aliphatic rings. The molecule has 8 heteroatoms. The van der Waals surface area contributed by atoms with Crippen LogP contribution in [0.5, 0.6) is 0 Å². The van der Waals surface area contributed by atoms with Gasteiger partial charge in [0.05, 0.1) is 18.4 Å². The molecular weight excluding hydrogens is 372 g/mol. The molecule has 8 nitrogen and oxygen atoms in total. The van der Waals surface area contributed by atoms with Gasteiger partial charge in [-0.25, -0.2) is 4.79 Å². The van der Waals surface area contributed by atoms with Crippen LogP contribution >= 0.6 is 0 Å². The molecule has 29 heavy (non-hydrogen) atoms. The van der Waals surface area contributed by atoms with Crippen LogP contribution in [0.2, 0.25) is 0 Å². The van der Waals surface area contributed by atoms with E-state index in [-0.39, 0.29) is 18.0 Å². The molecule has 150 valence electrons. The molecule has 0 bridgehead atoms. The van der Waals surface area contributed by atoms with Crippen molar-refractivity contribution in [3.8, 4) is 0 Å². The van der Waals surface area contributed by atoms with Gasteiger partial charge in [-0.15, -0.1) is 0 Å². The van der Waals surface area contributed by atoms with Crippen LogP contribution in [-0.2, 0) is 20.9 Å². The molecule has 0 fully saturated rings. The van der Waals surface area contributed by atoms with E-state index >= 15 is 0 Å². The van der Waals surface area contributed by atoms with Crippen molar-refractivity contribution in [2.24, 2.45) is 10.8 Å². The standard InChI is InChI=1S/C21H22N4O4/c1-24(13-14-8-10-15(11-9-14)21(28)29-2)20(27)17-12-18(19(22)26)25(23-17)16-6-4-3-5-7-16/h3-11,18H,12-13H2,1-2H3,(H2,22,26). The Kier molecular flexibility index (Phi) is 5.92. The lowest BCUT2D eigenvalue weighted by atomic mass is 10.1. The molecule has 2 N–H and O–H groups in total. The van der Waals surface area contributed by atoms with Gasteiger partial charge in [0.15, 0.2) is 0 Å². The van der Waals surface area contributed by atoms with Crippen LogP contribution in [0.3, 0.4) is 0 Å². The van der Waals surface area contributed by atoms with Crippen LogP contribution in [0.4, 0.5) is 5.69 Å². The molecule has 0 aliphatic carbocycles. The Morgan fingerprint density at radius 1 is 1.14 bits per heavy atom. The van der Waals surface area contributed by atoms with Crippen LogP contribution < -0.4 is 10.7 Å². The summed E-state index contributed by atoms with van der Waals surface area (Å²) in [7, 11) is 2.98. The summed E-state index contributed by atoms with van der Waals surface area (Å²) < 4.78 is 4.68. The third-order valence-corrected chi connectivity index (χ3v) is 4.65. The van der Waals surface area contributed by atoms with Crippen molar-refractivity contribution in [3.05, 3.63) is 65.7 Å². The topological polar surface area (TPSA) is 105 Å². The highest BCUT2D eigenvalue weighted by atomic mass is 16.5. The molecule has 2 aromatic carbocycles. The van der Waals surface area contributed by atoms with E-state index in [2.05, 4.69) is 9.84 Å². The number of amides is 2. The monoisotopic (exact) mass is 394 g/mol. The van der Waals surface area contributed by atoms with Crippen molar-refractivity contribution in [1.82, 2.24) is 4.90 Å². The lowest BCUT2D eigenvalue weighted by Gasteiger charge is -2.20. The molecule has 0 radical (unpaired) electrons. The van der Waals surface area contributed by atoms with E-state index in [1.165, 1.54) is 17.0 Å². The number of benzene rings is 2. The number of primary amides is 1. The van der Waals surface area contributed by atoms with Crippen molar-refractivity contribution in [2.75, 3.05) is 19.2 Å². The van der Waals surface area contributed by atoms with E-state index in [1.807, 2.05) is 18.2 Å². The van der Waals surface area contributed by atoms with Gasteiger partial charge in [-0.2, -0.15) is 5.10 Å². The van der Waals surface area contributed by atoms with Crippen molar-refractivity contribution in [3.63, 3.8) is 0 Å². The highest BCUT2D eigenvalue weighted by Gasteiger charge is 2.35. The van der Waals surface area contributed by atoms with Crippen molar-refractivity contribution < 1.29 is 19.1 Å². The molecule has 0 spiro atoms. The van der Waals surface area contributed by atoms with Crippen LogP contribution in [0.1, 0.15) is 22.3 Å². The molecule has 1 heterocycles. The predicted molar refractivity (Wildman–Crippen MR) is 108 cm³/mol. The number of hydrogen-bond acceptors (Lipinski definition) is 6. The van der Waals surface area contributed by atoms with Gasteiger partial charge in [-0.3, -0.25) is 14.6 Å². The second-order valence-corrected chi connectivity index (χ2v) is 6.70. The Bertz CT molecular complexity index is 941. The Balaban J connectivity index is 1.73. The maximum atomic E-state index is 12.9. The van der Waals surface area contributed by atoms with Gasteiger partial charge in [-0.1, -0.05) is 30.3 Å². The fourth-order valence-corrected chi connectivity index (χ4v) is 3.11. The zero-order valence-corrected chi connectivity index (χ0v) is 16.2. The number of anilines is 1. The zero-order valence-electron chi connectivity index (χ0n) is 16.2. The average Bonchev–Trinajstić information content (AvgIpc) is 3.19. The fourth-order valence-electron chi connectivity index (χ4n) is 3.11. The first-order valence-electron chi connectivity index (χ1n) is 9.04. The lowest BCUT2D eigenvalue weighted by molar-refractivity contribution is -0.123. The number of hydrazone groups is 1. The number of nitrogens with zero attached hydrogens (tertiary/aromatic N) is 3. The Labute approximate surface area is 168 Å². The maximum Gasteiger partial charge on any atom is 0.337 e. The third-order valence-electron chi connectivity index (χ3n) is 4.65. The van der Waals surface area contributed by atoms with Crippen molar-refractivity contribution >= 4 is 29.2 Å². The highest BCUT2D eigenvalue weighted by Crippen LogP contribution is 2.25. The Morgan fingerprint density at radius 2 is 1.79 bits per heavy atom. The normalized spacial score (nSPS) is 15.6. The summed E-state index contributed by atoms with van der Waals surface area (Å²) in [5.74, 6) is -1.24. The first-order valence-corrected chi connectivity index (χ1v) is 9.04. The van der Waals surface area contributed by atoms with Crippen molar-refractivity contribution in [1.29, 1.82) is 0 Å². The average molecular weight is 394 g/mol. The SMILES string of the molecule is COC(=O)c1ccc(CN(C)C(=O)C2=NN(c3ccccc3)C(C(N)=O)C2)cc1. The van der Waals surface area contributed by atoms with Crippen LogP contribution in [0, 0.1) is 0 Å². The minimum atomic E-state index is -0.705. The molecular formula is C21H22N4O4. The summed E-state index contributed by atoms with van der Waals surface area (Å²) in [5, 5.41) is 5.86. The summed E-state index contributed by atoms with van der Waals surface area (Å²) in [6, 6.07) is 15.2. The van der Waals surface area contributed by atoms with Gasteiger partial charge >= 0.3 is 5.97 Å². The molecule has 0 aromatic heterocycles. The third kappa shape index (κ3) is 4.43. The van der Waals surface area contributed by atoms with Gasteiger partial charge in [-0.05, 0) is 29.8 Å². The molecule has 0 saturated carbocycles. The number of methoxy groups -OCH3 is 1. The molecule has 3 rings (SSSR count). The molecule has 2 amide bonds. The maximum absolute atomic E-state index is 12.9. The highest BCUT2D eigenvalue weighted by molar-refractivity contribution is 6.40. The van der Waals surface area contributed by atoms with Gasteiger partial charge < -0.3 is 15.4 Å². The number of carbonyl (C=O) groups excluding carboxylic acids is 3. The van der Waals surface area contributed by atoms with E-state index in [0.29, 0.717) is 17.8 Å². The van der Waals surface area contributed by atoms with Crippen LogP contribution in [0.15, 0.2) is 59.7 Å². The number of esters is 1. The number of ether oxygens (including phenoxy) is 1. The molecule has 2 aromatic rings. The van der Waals surface area contributed by atoms with Gasteiger partial charge in [0.2, 0.25) is 5.91 Å². The molecule has 1 aliphatic heterocycles. The first kappa shape index (κ1) is 20.1. The van der Waals surface area contributed by atoms with Gasteiger partial charge in [0.25, 0.3) is 5.91 Å². The summed E-state index contributed by atoms with van der Waals surface area (Å²) in [4.78, 5) is 37.8. The largest absolute Gasteiger partial charge is 0.465 e. The first-order chi connectivity index (χ1) is 13.9. The summed E-state index contributed by atoms with van der Waals surface area (Å²) in [5.41, 5.74) is 7.77. The molecule has 1 atom stereocenters. The second-order valence-electron chi connectivity index (χ2n) is 6.70. The van der Waals surface area contributed by atoms with E-state index in [0.717, 1.165) is 5.56 Å². The van der Waals surface area contributed by atoms with E-state index in [4.69, 9.17) is 5.73 Å². The Hall–Kier alpha value is -3.68. The van der Waals surface area contributed by atoms with E-state index in [1.54, 1.807) is 43.4 Å².